The van der Waals surface area contributed by atoms with E-state index in [9.17, 15) is 18.9 Å². The number of nitro benzene ring substituents is 1. The maximum absolute atomic E-state index is 13.5. The molecule has 6 heteroatoms. The van der Waals surface area contributed by atoms with Gasteiger partial charge in [-0.3, -0.25) is 10.1 Å². The second kappa shape index (κ2) is 7.13. The molecule has 19 heavy (non-hydrogen) atoms. The van der Waals surface area contributed by atoms with Crippen molar-refractivity contribution >= 4 is 5.69 Å². The third-order valence-corrected chi connectivity index (χ3v) is 2.94. The minimum absolute atomic E-state index is 0.108. The van der Waals surface area contributed by atoms with Gasteiger partial charge >= 0.3 is 5.69 Å². The van der Waals surface area contributed by atoms with Gasteiger partial charge < -0.3 is 5.32 Å². The number of unbranched alkanes of at least 4 members (excludes halogenated alkanes) is 1. The van der Waals surface area contributed by atoms with Crippen molar-refractivity contribution in [3.05, 3.63) is 39.4 Å². The largest absolute Gasteiger partial charge is 0.310 e. The Hall–Kier alpha value is -1.56. The maximum Gasteiger partial charge on any atom is 0.305 e. The van der Waals surface area contributed by atoms with Gasteiger partial charge in [0.25, 0.3) is 0 Å². The number of nitrogens with zero attached hydrogens (tertiary/aromatic N) is 1. The molecule has 0 bridgehead atoms. The summed E-state index contributed by atoms with van der Waals surface area (Å²) in [6, 6.07) is 1.69. The molecular weight excluding hydrogens is 254 g/mol. The van der Waals surface area contributed by atoms with Crippen molar-refractivity contribution in [1.29, 1.82) is 0 Å². The molecule has 1 aromatic carbocycles. The van der Waals surface area contributed by atoms with Crippen LogP contribution in [0.1, 0.15) is 38.7 Å². The fourth-order valence-electron chi connectivity index (χ4n) is 1.75. The predicted molar refractivity (Wildman–Crippen MR) is 68.8 cm³/mol. The summed E-state index contributed by atoms with van der Waals surface area (Å²) >= 11 is 0. The monoisotopic (exact) mass is 272 g/mol. The molecule has 1 rings (SSSR count). The number of nitrogens with one attached hydrogen (secondary N) is 1. The van der Waals surface area contributed by atoms with Crippen molar-refractivity contribution in [2.45, 2.75) is 45.7 Å². The number of nitro groups is 1. The highest BCUT2D eigenvalue weighted by molar-refractivity contribution is 5.37. The molecule has 0 radical (unpaired) electrons. The highest BCUT2D eigenvalue weighted by Crippen LogP contribution is 2.21. The average Bonchev–Trinajstić information content (AvgIpc) is 2.34. The highest BCUT2D eigenvalue weighted by atomic mass is 19.1. The van der Waals surface area contributed by atoms with E-state index in [-0.39, 0.29) is 18.2 Å². The van der Waals surface area contributed by atoms with Gasteiger partial charge in [0.05, 0.1) is 4.92 Å². The number of hydrogen-bond donors (Lipinski definition) is 1. The van der Waals surface area contributed by atoms with E-state index in [1.165, 1.54) is 0 Å². The molecule has 0 heterocycles. The van der Waals surface area contributed by atoms with E-state index in [4.69, 9.17) is 0 Å². The molecule has 0 aliphatic heterocycles. The van der Waals surface area contributed by atoms with E-state index in [1.807, 2.05) is 6.92 Å². The summed E-state index contributed by atoms with van der Waals surface area (Å²) in [7, 11) is 0. The zero-order valence-electron chi connectivity index (χ0n) is 11.1. The van der Waals surface area contributed by atoms with Crippen LogP contribution in [0.3, 0.4) is 0 Å². The van der Waals surface area contributed by atoms with Crippen molar-refractivity contribution in [1.82, 2.24) is 5.32 Å². The Morgan fingerprint density at radius 1 is 1.37 bits per heavy atom. The van der Waals surface area contributed by atoms with Gasteiger partial charge in [0.2, 0.25) is 5.82 Å². The van der Waals surface area contributed by atoms with Crippen LogP contribution in [-0.4, -0.2) is 11.0 Å². The van der Waals surface area contributed by atoms with Crippen LogP contribution < -0.4 is 5.32 Å². The standard InChI is InChI=1S/C13H18F2N2O2/c1-3-4-5-9(2)16-8-10-6-13(17(18)19)12(15)7-11(10)14/h6-7,9,16H,3-5,8H2,1-2H3. The van der Waals surface area contributed by atoms with Crippen molar-refractivity contribution in [2.75, 3.05) is 0 Å². The van der Waals surface area contributed by atoms with Crippen LogP contribution in [0.2, 0.25) is 0 Å². The molecular formula is C13H18F2N2O2. The Kier molecular flexibility index (Phi) is 5.82. The van der Waals surface area contributed by atoms with E-state index in [0.29, 0.717) is 6.07 Å². The van der Waals surface area contributed by atoms with Crippen LogP contribution in [0.5, 0.6) is 0 Å². The zero-order valence-corrected chi connectivity index (χ0v) is 11.1. The third-order valence-electron chi connectivity index (χ3n) is 2.94. The van der Waals surface area contributed by atoms with Crippen LogP contribution in [0.25, 0.3) is 0 Å². The number of benzene rings is 1. The van der Waals surface area contributed by atoms with Crippen LogP contribution in [0.15, 0.2) is 12.1 Å². The first-order chi connectivity index (χ1) is 8.95. The van der Waals surface area contributed by atoms with Gasteiger partial charge in [0.15, 0.2) is 0 Å². The molecule has 1 unspecified atom stereocenters. The predicted octanol–water partition coefficient (Wildman–Crippen LogP) is 3.54. The molecule has 0 spiro atoms. The summed E-state index contributed by atoms with van der Waals surface area (Å²) < 4.78 is 26.6. The Bertz CT molecular complexity index is 453. The molecule has 0 amide bonds. The Morgan fingerprint density at radius 3 is 2.63 bits per heavy atom. The van der Waals surface area contributed by atoms with E-state index in [2.05, 4.69) is 12.2 Å². The number of halogens is 2. The van der Waals surface area contributed by atoms with Gasteiger partial charge in [-0.2, -0.15) is 4.39 Å². The molecule has 0 aliphatic carbocycles. The lowest BCUT2D eigenvalue weighted by molar-refractivity contribution is -0.387. The fraction of sp³-hybridized carbons (Fsp3) is 0.538. The van der Waals surface area contributed by atoms with E-state index < -0.39 is 22.2 Å². The summed E-state index contributed by atoms with van der Waals surface area (Å²) in [5.74, 6) is -1.91. The van der Waals surface area contributed by atoms with Crippen LogP contribution >= 0.6 is 0 Å². The Labute approximate surface area is 111 Å². The van der Waals surface area contributed by atoms with Crippen molar-refractivity contribution < 1.29 is 13.7 Å². The lowest BCUT2D eigenvalue weighted by atomic mass is 10.1. The van der Waals surface area contributed by atoms with Crippen molar-refractivity contribution in [3.63, 3.8) is 0 Å². The van der Waals surface area contributed by atoms with Gasteiger partial charge in [-0.1, -0.05) is 19.8 Å². The molecule has 1 aromatic rings. The minimum Gasteiger partial charge on any atom is -0.310 e. The first kappa shape index (κ1) is 15.5. The van der Waals surface area contributed by atoms with Gasteiger partial charge in [-0.25, -0.2) is 4.39 Å². The minimum atomic E-state index is -1.15. The molecule has 0 saturated carbocycles. The first-order valence-electron chi connectivity index (χ1n) is 6.31. The third kappa shape index (κ3) is 4.55. The summed E-state index contributed by atoms with van der Waals surface area (Å²) in [5.41, 5.74) is -0.587. The molecule has 0 aromatic heterocycles. The molecule has 4 nitrogen and oxygen atoms in total. The summed E-state index contributed by atoms with van der Waals surface area (Å²) in [6.07, 6.45) is 3.07. The number of hydrogen-bond acceptors (Lipinski definition) is 3. The lowest BCUT2D eigenvalue weighted by Crippen LogP contribution is -2.25. The van der Waals surface area contributed by atoms with Crippen molar-refractivity contribution in [2.24, 2.45) is 0 Å². The lowest BCUT2D eigenvalue weighted by Gasteiger charge is -2.13. The summed E-state index contributed by atoms with van der Waals surface area (Å²) in [4.78, 5) is 9.74. The summed E-state index contributed by atoms with van der Waals surface area (Å²) in [5, 5.41) is 13.7. The van der Waals surface area contributed by atoms with Crippen LogP contribution in [-0.2, 0) is 6.54 Å². The second-order valence-corrected chi connectivity index (χ2v) is 4.58. The smallest absolute Gasteiger partial charge is 0.305 e. The fourth-order valence-corrected chi connectivity index (χ4v) is 1.75. The molecule has 0 fully saturated rings. The normalized spacial score (nSPS) is 12.4. The highest BCUT2D eigenvalue weighted by Gasteiger charge is 2.18. The second-order valence-electron chi connectivity index (χ2n) is 4.58. The van der Waals surface area contributed by atoms with Crippen LogP contribution in [0.4, 0.5) is 14.5 Å². The molecule has 106 valence electrons. The first-order valence-corrected chi connectivity index (χ1v) is 6.31. The van der Waals surface area contributed by atoms with E-state index in [1.54, 1.807) is 0 Å². The molecule has 0 saturated heterocycles. The summed E-state index contributed by atoms with van der Waals surface area (Å²) in [6.45, 7) is 4.19. The van der Waals surface area contributed by atoms with Gasteiger partial charge in [0.1, 0.15) is 5.82 Å². The number of rotatable bonds is 7. The zero-order chi connectivity index (χ0) is 14.4. The SMILES string of the molecule is CCCCC(C)NCc1cc([N+](=O)[O-])c(F)cc1F. The van der Waals surface area contributed by atoms with E-state index in [0.717, 1.165) is 25.3 Å². The van der Waals surface area contributed by atoms with Gasteiger partial charge in [-0.05, 0) is 13.3 Å². The molecule has 1 N–H and O–H groups in total. The van der Waals surface area contributed by atoms with E-state index >= 15 is 0 Å². The average molecular weight is 272 g/mol. The quantitative estimate of drug-likeness (QED) is 0.610. The molecule has 1 atom stereocenters. The Morgan fingerprint density at radius 2 is 2.05 bits per heavy atom. The molecule has 0 aliphatic rings. The van der Waals surface area contributed by atoms with Crippen LogP contribution in [0, 0.1) is 21.7 Å². The maximum atomic E-state index is 13.5. The topological polar surface area (TPSA) is 55.2 Å². The van der Waals surface area contributed by atoms with Gasteiger partial charge in [0, 0.05) is 30.3 Å². The van der Waals surface area contributed by atoms with Crippen molar-refractivity contribution in [3.8, 4) is 0 Å². The van der Waals surface area contributed by atoms with Gasteiger partial charge in [-0.15, -0.1) is 0 Å². The Balaban J connectivity index is 2.73.